The molecular weight excluding hydrogens is 300 g/mol. The van der Waals surface area contributed by atoms with Gasteiger partial charge in [-0.3, -0.25) is 0 Å². The standard InChI is InChI=1S/C17H31BrO/c1-3-5-9-14(4-2)13-19-16-12-15(18)17(16)10-7-6-8-11-17/h14-16H,3-13H2,1-2H3. The van der Waals surface area contributed by atoms with Crippen LogP contribution < -0.4 is 0 Å². The van der Waals surface area contributed by atoms with Crippen LogP contribution in [0.5, 0.6) is 0 Å². The normalized spacial score (nSPS) is 31.1. The summed E-state index contributed by atoms with van der Waals surface area (Å²) < 4.78 is 6.36. The minimum atomic E-state index is 0.501. The molecule has 3 atom stereocenters. The molecule has 0 aromatic heterocycles. The maximum absolute atomic E-state index is 6.36. The maximum atomic E-state index is 6.36. The Morgan fingerprint density at radius 1 is 1.21 bits per heavy atom. The van der Waals surface area contributed by atoms with Gasteiger partial charge in [0.1, 0.15) is 0 Å². The van der Waals surface area contributed by atoms with Crippen molar-refractivity contribution in [2.75, 3.05) is 6.61 Å². The van der Waals surface area contributed by atoms with Crippen LogP contribution in [0, 0.1) is 11.3 Å². The van der Waals surface area contributed by atoms with E-state index in [0.29, 0.717) is 11.5 Å². The molecule has 0 heterocycles. The van der Waals surface area contributed by atoms with Crippen molar-refractivity contribution in [3.05, 3.63) is 0 Å². The number of halogens is 1. The third-order valence-corrected chi connectivity index (χ3v) is 6.83. The highest BCUT2D eigenvalue weighted by Gasteiger charge is 2.54. The Bertz CT molecular complexity index is 260. The van der Waals surface area contributed by atoms with E-state index in [1.165, 1.54) is 64.2 Å². The molecule has 0 bridgehead atoms. The lowest BCUT2D eigenvalue weighted by molar-refractivity contribution is -0.129. The largest absolute Gasteiger partial charge is 0.377 e. The predicted molar refractivity (Wildman–Crippen MR) is 85.9 cm³/mol. The third kappa shape index (κ3) is 3.56. The number of alkyl halides is 1. The predicted octanol–water partition coefficient (Wildman–Crippen LogP) is 5.71. The SMILES string of the molecule is CCCCC(CC)COC1CC(Br)C12CCCCC2. The van der Waals surface area contributed by atoms with E-state index in [2.05, 4.69) is 29.8 Å². The molecule has 2 rings (SSSR count). The van der Waals surface area contributed by atoms with E-state index in [1.54, 1.807) is 0 Å². The summed E-state index contributed by atoms with van der Waals surface area (Å²) in [6, 6.07) is 0. The zero-order valence-corrected chi connectivity index (χ0v) is 14.4. The summed E-state index contributed by atoms with van der Waals surface area (Å²) in [6.07, 6.45) is 14.1. The average molecular weight is 331 g/mol. The minimum Gasteiger partial charge on any atom is -0.377 e. The molecule has 0 radical (unpaired) electrons. The zero-order chi connectivity index (χ0) is 13.7. The summed E-state index contributed by atoms with van der Waals surface area (Å²) in [5.74, 6) is 0.787. The van der Waals surface area contributed by atoms with E-state index < -0.39 is 0 Å². The van der Waals surface area contributed by atoms with Gasteiger partial charge in [0.25, 0.3) is 0 Å². The van der Waals surface area contributed by atoms with Crippen LogP contribution >= 0.6 is 15.9 Å². The molecule has 1 spiro atoms. The molecule has 2 heteroatoms. The Balaban J connectivity index is 1.79. The van der Waals surface area contributed by atoms with Crippen molar-refractivity contribution in [3.8, 4) is 0 Å². The lowest BCUT2D eigenvalue weighted by Gasteiger charge is -2.55. The molecule has 1 nitrogen and oxygen atoms in total. The molecule has 2 fully saturated rings. The smallest absolute Gasteiger partial charge is 0.0653 e. The summed E-state index contributed by atoms with van der Waals surface area (Å²) in [6.45, 7) is 5.60. The van der Waals surface area contributed by atoms with Gasteiger partial charge >= 0.3 is 0 Å². The van der Waals surface area contributed by atoms with E-state index >= 15 is 0 Å². The van der Waals surface area contributed by atoms with E-state index in [0.717, 1.165) is 17.4 Å². The quantitative estimate of drug-likeness (QED) is 0.543. The number of rotatable bonds is 7. The molecule has 2 aliphatic rings. The third-order valence-electron chi connectivity index (χ3n) is 5.55. The van der Waals surface area contributed by atoms with E-state index in [1.807, 2.05) is 0 Å². The summed E-state index contributed by atoms with van der Waals surface area (Å²) in [4.78, 5) is 0.723. The molecule has 3 unspecified atom stereocenters. The van der Waals surface area contributed by atoms with Crippen LogP contribution in [0.3, 0.4) is 0 Å². The van der Waals surface area contributed by atoms with Gasteiger partial charge in [-0.05, 0) is 31.6 Å². The number of hydrogen-bond acceptors (Lipinski definition) is 1. The van der Waals surface area contributed by atoms with Gasteiger partial charge in [-0.15, -0.1) is 0 Å². The number of ether oxygens (including phenoxy) is 1. The molecule has 0 saturated heterocycles. The zero-order valence-electron chi connectivity index (χ0n) is 12.8. The van der Waals surface area contributed by atoms with Crippen LogP contribution in [-0.2, 0) is 4.74 Å². The molecule has 0 aliphatic heterocycles. The second kappa shape index (κ2) is 7.45. The Morgan fingerprint density at radius 2 is 1.95 bits per heavy atom. The van der Waals surface area contributed by atoms with Crippen molar-refractivity contribution in [3.63, 3.8) is 0 Å². The van der Waals surface area contributed by atoms with Crippen LogP contribution in [0.25, 0.3) is 0 Å². The fourth-order valence-electron chi connectivity index (χ4n) is 3.93. The van der Waals surface area contributed by atoms with Gasteiger partial charge in [0.15, 0.2) is 0 Å². The van der Waals surface area contributed by atoms with E-state index in [-0.39, 0.29) is 0 Å². The lowest BCUT2D eigenvalue weighted by Crippen LogP contribution is -2.56. The lowest BCUT2D eigenvalue weighted by atomic mass is 9.58. The second-order valence-electron chi connectivity index (χ2n) is 6.74. The summed E-state index contributed by atoms with van der Waals surface area (Å²) in [7, 11) is 0. The van der Waals surface area contributed by atoms with Gasteiger partial charge in [-0.25, -0.2) is 0 Å². The van der Waals surface area contributed by atoms with Crippen LogP contribution in [-0.4, -0.2) is 17.5 Å². The highest BCUT2D eigenvalue weighted by atomic mass is 79.9. The van der Waals surface area contributed by atoms with Crippen molar-refractivity contribution in [1.29, 1.82) is 0 Å². The highest BCUT2D eigenvalue weighted by molar-refractivity contribution is 9.09. The minimum absolute atomic E-state index is 0.501. The monoisotopic (exact) mass is 330 g/mol. The molecular formula is C17H31BrO. The molecule has 0 aromatic carbocycles. The van der Waals surface area contributed by atoms with Crippen molar-refractivity contribution in [2.24, 2.45) is 11.3 Å². The first-order chi connectivity index (χ1) is 9.23. The molecule has 0 amide bonds. The first kappa shape index (κ1) is 15.8. The summed E-state index contributed by atoms with van der Waals surface area (Å²) >= 11 is 3.91. The molecule has 2 aliphatic carbocycles. The Labute approximate surface area is 128 Å². The van der Waals surface area contributed by atoms with E-state index in [9.17, 15) is 0 Å². The molecule has 0 N–H and O–H groups in total. The fraction of sp³-hybridized carbons (Fsp3) is 1.00. The van der Waals surface area contributed by atoms with Gasteiger partial charge in [0, 0.05) is 16.8 Å². The summed E-state index contributed by atoms with van der Waals surface area (Å²) in [5, 5.41) is 0. The Morgan fingerprint density at radius 3 is 2.53 bits per heavy atom. The first-order valence-corrected chi connectivity index (χ1v) is 9.40. The molecule has 112 valence electrons. The van der Waals surface area contributed by atoms with Crippen LogP contribution in [0.15, 0.2) is 0 Å². The number of unbranched alkanes of at least 4 members (excludes halogenated alkanes) is 1. The van der Waals surface area contributed by atoms with Crippen molar-refractivity contribution in [2.45, 2.75) is 89.0 Å². The van der Waals surface area contributed by atoms with Gasteiger partial charge < -0.3 is 4.74 Å². The van der Waals surface area contributed by atoms with Crippen LogP contribution in [0.1, 0.15) is 78.1 Å². The first-order valence-electron chi connectivity index (χ1n) is 8.48. The number of hydrogen-bond donors (Lipinski definition) is 0. The Hall–Kier alpha value is 0.440. The second-order valence-corrected chi connectivity index (χ2v) is 7.84. The molecule has 2 saturated carbocycles. The molecule has 19 heavy (non-hydrogen) atoms. The van der Waals surface area contributed by atoms with Crippen molar-refractivity contribution in [1.82, 2.24) is 0 Å². The van der Waals surface area contributed by atoms with Crippen molar-refractivity contribution >= 4 is 15.9 Å². The van der Waals surface area contributed by atoms with Crippen molar-refractivity contribution < 1.29 is 4.74 Å². The average Bonchev–Trinajstić information content (AvgIpc) is 2.47. The van der Waals surface area contributed by atoms with Gasteiger partial charge in [0.2, 0.25) is 0 Å². The highest BCUT2D eigenvalue weighted by Crippen LogP contribution is 2.56. The maximum Gasteiger partial charge on any atom is 0.0653 e. The van der Waals surface area contributed by atoms with E-state index in [4.69, 9.17) is 4.74 Å². The Kier molecular flexibility index (Phi) is 6.20. The van der Waals surface area contributed by atoms with Gasteiger partial charge in [-0.2, -0.15) is 0 Å². The molecule has 0 aromatic rings. The van der Waals surface area contributed by atoms with Crippen LogP contribution in [0.4, 0.5) is 0 Å². The van der Waals surface area contributed by atoms with Gasteiger partial charge in [-0.1, -0.05) is 68.3 Å². The summed E-state index contributed by atoms with van der Waals surface area (Å²) in [5.41, 5.74) is 0.501. The van der Waals surface area contributed by atoms with Gasteiger partial charge in [0.05, 0.1) is 6.10 Å². The van der Waals surface area contributed by atoms with Crippen LogP contribution in [0.2, 0.25) is 0 Å². The topological polar surface area (TPSA) is 9.23 Å². The fourth-order valence-corrected chi connectivity index (χ4v) is 5.02.